The summed E-state index contributed by atoms with van der Waals surface area (Å²) in [4.78, 5) is 0. The maximum Gasteiger partial charge on any atom is 0.484 e. The summed E-state index contributed by atoms with van der Waals surface area (Å²) in [6.45, 7) is 8.88. The van der Waals surface area contributed by atoms with Crippen LogP contribution in [-0.4, -0.2) is 49.0 Å². The van der Waals surface area contributed by atoms with E-state index in [1.807, 2.05) is 13.8 Å². The molecule has 0 atom stereocenters. The van der Waals surface area contributed by atoms with Crippen LogP contribution in [-0.2, 0) is 13.3 Å². The largest absolute Gasteiger partial charge is 0.484 e. The third-order valence-corrected chi connectivity index (χ3v) is 4.38. The molecule has 0 aliphatic heterocycles. The van der Waals surface area contributed by atoms with Gasteiger partial charge in [-0.25, -0.2) is 0 Å². The second-order valence-corrected chi connectivity index (χ2v) is 5.95. The first-order chi connectivity index (χ1) is 9.35. The van der Waals surface area contributed by atoms with E-state index in [9.17, 15) is 0 Å². The standard InChI is InChI=1S/C13H32N2O3Si/c1-3-16-19(17-4-2)18-13-9-12-15-11-8-6-5-7-10-14/h15,19H,3-14H2,1-2H3. The Labute approximate surface area is 120 Å². The number of rotatable bonds is 15. The number of hydrogen-bond donors (Lipinski definition) is 2. The lowest BCUT2D eigenvalue weighted by Crippen LogP contribution is -2.28. The van der Waals surface area contributed by atoms with Gasteiger partial charge in [0.1, 0.15) is 0 Å². The summed E-state index contributed by atoms with van der Waals surface area (Å²) < 4.78 is 16.5. The van der Waals surface area contributed by atoms with Gasteiger partial charge in [0.2, 0.25) is 0 Å². The van der Waals surface area contributed by atoms with Crippen molar-refractivity contribution in [3.8, 4) is 0 Å². The van der Waals surface area contributed by atoms with Crippen LogP contribution in [0.2, 0.25) is 0 Å². The highest BCUT2D eigenvalue weighted by Crippen LogP contribution is 1.97. The Morgan fingerprint density at radius 3 is 2.11 bits per heavy atom. The van der Waals surface area contributed by atoms with Gasteiger partial charge in [-0.05, 0) is 52.7 Å². The van der Waals surface area contributed by atoms with Crippen LogP contribution < -0.4 is 11.1 Å². The number of nitrogens with two attached hydrogens (primary N) is 1. The molecule has 0 bridgehead atoms. The fourth-order valence-electron chi connectivity index (χ4n) is 1.67. The highest BCUT2D eigenvalue weighted by atomic mass is 28.3. The molecule has 19 heavy (non-hydrogen) atoms. The zero-order valence-electron chi connectivity index (χ0n) is 12.7. The lowest BCUT2D eigenvalue weighted by molar-refractivity contribution is 0.101. The van der Waals surface area contributed by atoms with Gasteiger partial charge < -0.3 is 24.3 Å². The summed E-state index contributed by atoms with van der Waals surface area (Å²) in [5.41, 5.74) is 5.44. The molecule has 0 saturated heterocycles. The molecule has 0 radical (unpaired) electrons. The molecule has 5 nitrogen and oxygen atoms in total. The first-order valence-electron chi connectivity index (χ1n) is 7.60. The van der Waals surface area contributed by atoms with Crippen LogP contribution in [0.3, 0.4) is 0 Å². The van der Waals surface area contributed by atoms with Gasteiger partial charge in [0.25, 0.3) is 0 Å². The third kappa shape index (κ3) is 14.2. The summed E-state index contributed by atoms with van der Waals surface area (Å²) >= 11 is 0. The molecule has 0 fully saturated rings. The monoisotopic (exact) mass is 292 g/mol. The predicted molar refractivity (Wildman–Crippen MR) is 81.4 cm³/mol. The molecule has 0 amide bonds. The van der Waals surface area contributed by atoms with Gasteiger partial charge in [-0.15, -0.1) is 0 Å². The van der Waals surface area contributed by atoms with Crippen molar-refractivity contribution in [2.45, 2.75) is 46.0 Å². The van der Waals surface area contributed by atoms with Crippen molar-refractivity contribution in [2.24, 2.45) is 5.73 Å². The average Bonchev–Trinajstić information content (AvgIpc) is 2.41. The van der Waals surface area contributed by atoms with Gasteiger partial charge >= 0.3 is 9.53 Å². The molecule has 3 N–H and O–H groups in total. The van der Waals surface area contributed by atoms with Crippen LogP contribution in [0.25, 0.3) is 0 Å². The predicted octanol–water partition coefficient (Wildman–Crippen LogP) is 1.29. The molecule has 0 heterocycles. The van der Waals surface area contributed by atoms with Gasteiger partial charge in [0.15, 0.2) is 0 Å². The van der Waals surface area contributed by atoms with E-state index in [0.29, 0.717) is 13.2 Å². The molecule has 0 aromatic rings. The highest BCUT2D eigenvalue weighted by molar-refractivity contribution is 6.36. The van der Waals surface area contributed by atoms with E-state index in [4.69, 9.17) is 19.0 Å². The Morgan fingerprint density at radius 2 is 1.47 bits per heavy atom. The number of nitrogens with one attached hydrogen (secondary N) is 1. The summed E-state index contributed by atoms with van der Waals surface area (Å²) in [7, 11) is -1.85. The Balaban J connectivity index is 3.20. The maximum absolute atomic E-state index is 5.62. The van der Waals surface area contributed by atoms with Crippen LogP contribution in [0, 0.1) is 0 Å². The molecule has 0 unspecified atom stereocenters. The fourth-order valence-corrected chi connectivity index (χ4v) is 2.86. The molecule has 0 aliphatic rings. The second kappa shape index (κ2) is 16.1. The molecule has 0 rings (SSSR count). The normalized spacial score (nSPS) is 11.4. The van der Waals surface area contributed by atoms with Gasteiger partial charge in [-0.2, -0.15) is 0 Å². The van der Waals surface area contributed by atoms with Gasteiger partial charge in [-0.1, -0.05) is 12.8 Å². The van der Waals surface area contributed by atoms with Crippen LogP contribution in [0.4, 0.5) is 0 Å². The van der Waals surface area contributed by atoms with Crippen molar-refractivity contribution in [3.63, 3.8) is 0 Å². The van der Waals surface area contributed by atoms with Crippen molar-refractivity contribution in [1.29, 1.82) is 0 Å². The van der Waals surface area contributed by atoms with Crippen molar-refractivity contribution in [3.05, 3.63) is 0 Å². The summed E-state index contributed by atoms with van der Waals surface area (Å²) in [5.74, 6) is 0. The quantitative estimate of drug-likeness (QED) is 0.352. The van der Waals surface area contributed by atoms with E-state index in [0.717, 1.165) is 39.1 Å². The van der Waals surface area contributed by atoms with Crippen molar-refractivity contribution >= 4 is 9.53 Å². The zero-order chi connectivity index (χ0) is 14.2. The second-order valence-electron chi connectivity index (χ2n) is 4.38. The minimum atomic E-state index is -1.85. The van der Waals surface area contributed by atoms with Crippen molar-refractivity contribution in [1.82, 2.24) is 5.32 Å². The van der Waals surface area contributed by atoms with Crippen LogP contribution in [0.15, 0.2) is 0 Å². The smallest absolute Gasteiger partial charge is 0.376 e. The molecule has 0 saturated carbocycles. The number of unbranched alkanes of at least 4 members (excludes halogenated alkanes) is 3. The Morgan fingerprint density at radius 1 is 0.842 bits per heavy atom. The molecule has 0 aliphatic carbocycles. The molecule has 0 spiro atoms. The van der Waals surface area contributed by atoms with Gasteiger partial charge in [0, 0.05) is 19.8 Å². The van der Waals surface area contributed by atoms with Crippen LogP contribution >= 0.6 is 0 Å². The van der Waals surface area contributed by atoms with Crippen molar-refractivity contribution in [2.75, 3.05) is 39.5 Å². The van der Waals surface area contributed by atoms with Gasteiger partial charge in [0.05, 0.1) is 0 Å². The van der Waals surface area contributed by atoms with E-state index < -0.39 is 9.53 Å². The average molecular weight is 292 g/mol. The van der Waals surface area contributed by atoms with E-state index in [1.54, 1.807) is 0 Å². The number of hydrogen-bond acceptors (Lipinski definition) is 5. The molecule has 0 aromatic carbocycles. The Hall–Kier alpha value is 0.0169. The molecular formula is C13H32N2O3Si. The maximum atomic E-state index is 5.62. The Bertz CT molecular complexity index is 170. The first kappa shape index (κ1) is 19.0. The summed E-state index contributed by atoms with van der Waals surface area (Å²) in [6.07, 6.45) is 5.90. The fraction of sp³-hybridized carbons (Fsp3) is 1.00. The molecular weight excluding hydrogens is 260 g/mol. The highest BCUT2D eigenvalue weighted by Gasteiger charge is 2.12. The minimum Gasteiger partial charge on any atom is -0.376 e. The third-order valence-electron chi connectivity index (χ3n) is 2.67. The SMILES string of the molecule is CCO[SiH](OCC)OCCCNCCCCCCN. The zero-order valence-corrected chi connectivity index (χ0v) is 13.8. The molecule has 0 aromatic heterocycles. The summed E-state index contributed by atoms with van der Waals surface area (Å²) in [6, 6.07) is 0. The van der Waals surface area contributed by atoms with Crippen LogP contribution in [0.1, 0.15) is 46.0 Å². The van der Waals surface area contributed by atoms with Gasteiger partial charge in [-0.3, -0.25) is 0 Å². The minimum absolute atomic E-state index is 0.665. The summed E-state index contributed by atoms with van der Waals surface area (Å²) in [5, 5.41) is 3.42. The lowest BCUT2D eigenvalue weighted by atomic mass is 10.2. The topological polar surface area (TPSA) is 65.7 Å². The van der Waals surface area contributed by atoms with E-state index in [-0.39, 0.29) is 0 Å². The first-order valence-corrected chi connectivity index (χ1v) is 9.02. The van der Waals surface area contributed by atoms with Crippen molar-refractivity contribution < 1.29 is 13.3 Å². The molecule has 6 heteroatoms. The van der Waals surface area contributed by atoms with Crippen LogP contribution in [0.5, 0.6) is 0 Å². The van der Waals surface area contributed by atoms with E-state index >= 15 is 0 Å². The lowest BCUT2D eigenvalue weighted by Gasteiger charge is -2.14. The molecule has 116 valence electrons. The van der Waals surface area contributed by atoms with E-state index in [2.05, 4.69) is 5.32 Å². The Kier molecular flexibility index (Phi) is 16.1. The van der Waals surface area contributed by atoms with E-state index in [1.165, 1.54) is 19.3 Å².